The minimum atomic E-state index is -0.290. The van der Waals surface area contributed by atoms with Crippen LogP contribution in [0.2, 0.25) is 0 Å². The highest BCUT2D eigenvalue weighted by atomic mass is 32.1. The first kappa shape index (κ1) is 14.5. The van der Waals surface area contributed by atoms with E-state index < -0.39 is 0 Å². The number of ether oxygens (including phenoxy) is 1. The molecular formula is C17H15FN2O2S. The topological polar surface area (TPSA) is 44.1 Å². The van der Waals surface area contributed by atoms with Crippen molar-refractivity contribution in [2.75, 3.05) is 6.61 Å². The average molecular weight is 330 g/mol. The van der Waals surface area contributed by atoms with Crippen LogP contribution in [0.4, 0.5) is 4.39 Å². The summed E-state index contributed by atoms with van der Waals surface area (Å²) in [5.74, 6) is -0.290. The lowest BCUT2D eigenvalue weighted by atomic mass is 10.1. The average Bonchev–Trinajstić information content (AvgIpc) is 3.21. The van der Waals surface area contributed by atoms with Crippen LogP contribution in [0, 0.1) is 5.82 Å². The smallest absolute Gasteiger partial charge is 0.262 e. The largest absolute Gasteiger partial charge is 0.376 e. The predicted octanol–water partition coefficient (Wildman–Crippen LogP) is 3.44. The lowest BCUT2D eigenvalue weighted by Gasteiger charge is -2.11. The van der Waals surface area contributed by atoms with E-state index in [9.17, 15) is 9.18 Å². The fourth-order valence-corrected chi connectivity index (χ4v) is 3.85. The Labute approximate surface area is 136 Å². The summed E-state index contributed by atoms with van der Waals surface area (Å²) in [6, 6.07) is 6.18. The van der Waals surface area contributed by atoms with Crippen molar-refractivity contribution in [3.8, 4) is 11.1 Å². The number of hydrogen-bond donors (Lipinski definition) is 0. The van der Waals surface area contributed by atoms with Crippen LogP contribution in [0.3, 0.4) is 0 Å². The van der Waals surface area contributed by atoms with Gasteiger partial charge in [0.05, 0.1) is 24.4 Å². The summed E-state index contributed by atoms with van der Waals surface area (Å²) in [5.41, 5.74) is 1.57. The molecule has 1 aromatic carbocycles. The molecule has 1 aliphatic rings. The van der Waals surface area contributed by atoms with Crippen LogP contribution in [-0.2, 0) is 11.3 Å². The number of thiophene rings is 1. The predicted molar refractivity (Wildman–Crippen MR) is 88.2 cm³/mol. The molecule has 1 unspecified atom stereocenters. The molecule has 1 atom stereocenters. The van der Waals surface area contributed by atoms with Gasteiger partial charge in [-0.2, -0.15) is 0 Å². The molecule has 0 bridgehead atoms. The Hall–Kier alpha value is -2.05. The number of benzene rings is 1. The van der Waals surface area contributed by atoms with Crippen LogP contribution in [0.5, 0.6) is 0 Å². The van der Waals surface area contributed by atoms with Crippen molar-refractivity contribution in [1.82, 2.24) is 9.55 Å². The van der Waals surface area contributed by atoms with Gasteiger partial charge in [-0.1, -0.05) is 12.1 Å². The summed E-state index contributed by atoms with van der Waals surface area (Å²) in [4.78, 5) is 17.9. The van der Waals surface area contributed by atoms with E-state index in [0.717, 1.165) is 30.6 Å². The van der Waals surface area contributed by atoms with Gasteiger partial charge in [-0.15, -0.1) is 11.3 Å². The van der Waals surface area contributed by atoms with E-state index in [1.165, 1.54) is 23.5 Å². The van der Waals surface area contributed by atoms with Gasteiger partial charge in [0.25, 0.3) is 5.56 Å². The zero-order chi connectivity index (χ0) is 15.8. The quantitative estimate of drug-likeness (QED) is 0.739. The molecule has 118 valence electrons. The third-order valence-electron chi connectivity index (χ3n) is 4.14. The number of fused-ring (bicyclic) bond motifs is 1. The molecule has 0 aliphatic carbocycles. The normalized spacial score (nSPS) is 17.9. The van der Waals surface area contributed by atoms with Gasteiger partial charge in [0.1, 0.15) is 10.6 Å². The summed E-state index contributed by atoms with van der Waals surface area (Å²) in [6.07, 6.45) is 3.68. The van der Waals surface area contributed by atoms with Crippen LogP contribution in [-0.4, -0.2) is 22.3 Å². The highest BCUT2D eigenvalue weighted by molar-refractivity contribution is 7.17. The fraction of sp³-hybridized carbons (Fsp3) is 0.294. The third kappa shape index (κ3) is 2.68. The van der Waals surface area contributed by atoms with Crippen molar-refractivity contribution in [2.45, 2.75) is 25.5 Å². The number of halogens is 1. The Bertz CT molecular complexity index is 895. The van der Waals surface area contributed by atoms with E-state index in [2.05, 4.69) is 4.98 Å². The maximum Gasteiger partial charge on any atom is 0.262 e. The maximum absolute atomic E-state index is 13.1. The van der Waals surface area contributed by atoms with E-state index in [4.69, 9.17) is 4.74 Å². The Morgan fingerprint density at radius 2 is 2.17 bits per heavy atom. The molecular weight excluding hydrogens is 315 g/mol. The summed E-state index contributed by atoms with van der Waals surface area (Å²) >= 11 is 1.43. The van der Waals surface area contributed by atoms with Crippen LogP contribution in [0.25, 0.3) is 21.3 Å². The Balaban J connectivity index is 1.80. The number of nitrogens with zero attached hydrogens (tertiary/aromatic N) is 2. The van der Waals surface area contributed by atoms with Crippen LogP contribution in [0.1, 0.15) is 12.8 Å². The second-order valence-corrected chi connectivity index (χ2v) is 6.53. The molecule has 6 heteroatoms. The highest BCUT2D eigenvalue weighted by Gasteiger charge is 2.19. The monoisotopic (exact) mass is 330 g/mol. The molecule has 0 amide bonds. The van der Waals surface area contributed by atoms with Crippen molar-refractivity contribution >= 4 is 21.6 Å². The zero-order valence-electron chi connectivity index (χ0n) is 12.4. The van der Waals surface area contributed by atoms with E-state index in [0.29, 0.717) is 16.8 Å². The summed E-state index contributed by atoms with van der Waals surface area (Å²) in [7, 11) is 0. The molecule has 0 N–H and O–H groups in total. The van der Waals surface area contributed by atoms with Crippen LogP contribution < -0.4 is 5.56 Å². The first-order valence-electron chi connectivity index (χ1n) is 7.56. The van der Waals surface area contributed by atoms with Gasteiger partial charge in [0.2, 0.25) is 0 Å². The van der Waals surface area contributed by atoms with Crippen molar-refractivity contribution in [3.05, 3.63) is 52.1 Å². The van der Waals surface area contributed by atoms with E-state index >= 15 is 0 Å². The lowest BCUT2D eigenvalue weighted by Crippen LogP contribution is -2.26. The van der Waals surface area contributed by atoms with Gasteiger partial charge < -0.3 is 4.74 Å². The molecule has 4 nitrogen and oxygen atoms in total. The molecule has 3 heterocycles. The van der Waals surface area contributed by atoms with E-state index in [1.807, 2.05) is 5.38 Å². The Morgan fingerprint density at radius 3 is 2.91 bits per heavy atom. The first-order chi connectivity index (χ1) is 11.2. The Kier molecular flexibility index (Phi) is 3.71. The zero-order valence-corrected chi connectivity index (χ0v) is 13.2. The van der Waals surface area contributed by atoms with Crippen molar-refractivity contribution < 1.29 is 9.13 Å². The molecule has 1 saturated heterocycles. The van der Waals surface area contributed by atoms with Crippen molar-refractivity contribution in [1.29, 1.82) is 0 Å². The standard InChI is InChI=1S/C17H15FN2O2S/c18-12-5-3-11(4-6-12)14-9-23-16-15(14)17(21)20(10-19-16)8-13-2-1-7-22-13/h3-6,9-10,13H,1-2,7-8H2. The van der Waals surface area contributed by atoms with Gasteiger partial charge in [-0.3, -0.25) is 9.36 Å². The minimum absolute atomic E-state index is 0.0638. The number of rotatable bonds is 3. The SMILES string of the molecule is O=c1c2c(-c3ccc(F)cc3)csc2ncn1CC1CCCO1. The molecule has 3 aromatic rings. The van der Waals surface area contributed by atoms with E-state index in [1.54, 1.807) is 23.0 Å². The lowest BCUT2D eigenvalue weighted by molar-refractivity contribution is 0.0960. The molecule has 0 radical (unpaired) electrons. The molecule has 4 rings (SSSR count). The third-order valence-corrected chi connectivity index (χ3v) is 5.03. The van der Waals surface area contributed by atoms with Gasteiger partial charge in [-0.25, -0.2) is 9.37 Å². The second kappa shape index (κ2) is 5.86. The van der Waals surface area contributed by atoms with Crippen molar-refractivity contribution in [3.63, 3.8) is 0 Å². The second-order valence-electron chi connectivity index (χ2n) is 5.67. The van der Waals surface area contributed by atoms with E-state index in [-0.39, 0.29) is 17.5 Å². The number of aromatic nitrogens is 2. The van der Waals surface area contributed by atoms with Gasteiger partial charge in [-0.05, 0) is 30.5 Å². The molecule has 2 aromatic heterocycles. The summed E-state index contributed by atoms with van der Waals surface area (Å²) in [6.45, 7) is 1.29. The summed E-state index contributed by atoms with van der Waals surface area (Å²) in [5, 5.41) is 2.50. The van der Waals surface area contributed by atoms with Gasteiger partial charge >= 0.3 is 0 Å². The molecule has 1 aliphatic heterocycles. The Morgan fingerprint density at radius 1 is 1.35 bits per heavy atom. The van der Waals surface area contributed by atoms with Crippen LogP contribution in [0.15, 0.2) is 40.8 Å². The first-order valence-corrected chi connectivity index (χ1v) is 8.44. The van der Waals surface area contributed by atoms with Crippen LogP contribution >= 0.6 is 11.3 Å². The van der Waals surface area contributed by atoms with Gasteiger partial charge in [0, 0.05) is 17.6 Å². The van der Waals surface area contributed by atoms with Gasteiger partial charge in [0.15, 0.2) is 0 Å². The molecule has 1 fully saturated rings. The molecule has 23 heavy (non-hydrogen) atoms. The fourth-order valence-electron chi connectivity index (χ4n) is 2.95. The van der Waals surface area contributed by atoms with Crippen molar-refractivity contribution in [2.24, 2.45) is 0 Å². The number of hydrogen-bond acceptors (Lipinski definition) is 4. The molecule has 0 spiro atoms. The highest BCUT2D eigenvalue weighted by Crippen LogP contribution is 2.30. The minimum Gasteiger partial charge on any atom is -0.376 e. The summed E-state index contributed by atoms with van der Waals surface area (Å²) < 4.78 is 20.4. The maximum atomic E-state index is 13.1. The molecule has 0 saturated carbocycles.